The Bertz CT molecular complexity index is 824. The highest BCUT2D eigenvalue weighted by Crippen LogP contribution is 2.22. The summed E-state index contributed by atoms with van der Waals surface area (Å²) in [5.74, 6) is -2.10. The van der Waals surface area contributed by atoms with Gasteiger partial charge in [-0.25, -0.2) is 9.59 Å². The first-order chi connectivity index (χ1) is 12.5. The molecule has 1 atom stereocenters. The van der Waals surface area contributed by atoms with Gasteiger partial charge in [0.2, 0.25) is 0 Å². The quantitative estimate of drug-likeness (QED) is 0.445. The lowest BCUT2D eigenvalue weighted by Crippen LogP contribution is -2.21. The molecular weight excluding hydrogens is 332 g/mol. The first-order valence-corrected chi connectivity index (χ1v) is 8.25. The van der Waals surface area contributed by atoms with Crippen LogP contribution in [-0.4, -0.2) is 28.9 Å². The normalized spacial score (nSPS) is 11.4. The fourth-order valence-corrected chi connectivity index (χ4v) is 2.68. The van der Waals surface area contributed by atoms with Crippen molar-refractivity contribution in [1.29, 1.82) is 0 Å². The van der Waals surface area contributed by atoms with E-state index in [1.165, 1.54) is 6.07 Å². The Kier molecular flexibility index (Phi) is 6.44. The van der Waals surface area contributed by atoms with E-state index in [0.29, 0.717) is 17.5 Å². The molecule has 1 N–H and O–H groups in total. The van der Waals surface area contributed by atoms with Crippen LogP contribution in [0.15, 0.2) is 61.2 Å². The second kappa shape index (κ2) is 8.76. The van der Waals surface area contributed by atoms with Crippen LogP contribution in [0.5, 0.6) is 0 Å². The van der Waals surface area contributed by atoms with E-state index in [1.54, 1.807) is 42.5 Å². The first-order valence-electron chi connectivity index (χ1n) is 8.25. The van der Waals surface area contributed by atoms with Gasteiger partial charge in [0.25, 0.3) is 0 Å². The number of ether oxygens (including phenoxy) is 1. The van der Waals surface area contributed by atoms with Crippen LogP contribution in [0.3, 0.4) is 0 Å². The summed E-state index contributed by atoms with van der Waals surface area (Å²) in [7, 11) is 0. The molecule has 5 nitrogen and oxygen atoms in total. The van der Waals surface area contributed by atoms with E-state index in [9.17, 15) is 19.5 Å². The number of rotatable bonds is 8. The Balaban J connectivity index is 2.47. The molecule has 0 spiro atoms. The van der Waals surface area contributed by atoms with E-state index < -0.39 is 18.0 Å². The largest absolute Gasteiger partial charge is 0.478 e. The summed E-state index contributed by atoms with van der Waals surface area (Å²) in [6.07, 6.45) is 1.36. The molecule has 134 valence electrons. The lowest BCUT2D eigenvalue weighted by Gasteiger charge is -2.18. The molecular formula is C21H20O5. The van der Waals surface area contributed by atoms with Crippen LogP contribution >= 0.6 is 0 Å². The number of carbonyl (C=O) groups is 3. The van der Waals surface area contributed by atoms with Crippen molar-refractivity contribution < 1.29 is 24.2 Å². The minimum Gasteiger partial charge on any atom is -0.478 e. The SMILES string of the molecule is C=CC(=O)OC(CC)Cc1cccc(C(=O)O)c1C(=O)c1ccccc1. The van der Waals surface area contributed by atoms with Crippen LogP contribution in [-0.2, 0) is 16.0 Å². The fraction of sp³-hybridized carbons (Fsp3) is 0.190. The second-order valence-electron chi connectivity index (χ2n) is 5.72. The maximum Gasteiger partial charge on any atom is 0.336 e. The third kappa shape index (κ3) is 4.45. The molecule has 2 rings (SSSR count). The van der Waals surface area contributed by atoms with Gasteiger partial charge in [-0.2, -0.15) is 0 Å². The number of aromatic carboxylic acids is 1. The predicted octanol–water partition coefficient (Wildman–Crippen LogP) is 3.67. The molecule has 0 heterocycles. The summed E-state index contributed by atoms with van der Waals surface area (Å²) in [5, 5.41) is 9.51. The van der Waals surface area contributed by atoms with Crippen molar-refractivity contribution in [3.8, 4) is 0 Å². The predicted molar refractivity (Wildman–Crippen MR) is 97.3 cm³/mol. The Morgan fingerprint density at radius 2 is 1.81 bits per heavy atom. The molecule has 1 unspecified atom stereocenters. The molecule has 5 heteroatoms. The third-order valence-electron chi connectivity index (χ3n) is 4.00. The van der Waals surface area contributed by atoms with Gasteiger partial charge in [-0.1, -0.05) is 56.0 Å². The minimum atomic E-state index is -1.18. The van der Waals surface area contributed by atoms with Gasteiger partial charge in [0, 0.05) is 23.6 Å². The van der Waals surface area contributed by atoms with E-state index >= 15 is 0 Å². The third-order valence-corrected chi connectivity index (χ3v) is 4.00. The van der Waals surface area contributed by atoms with Crippen molar-refractivity contribution in [1.82, 2.24) is 0 Å². The van der Waals surface area contributed by atoms with E-state index in [4.69, 9.17) is 4.74 Å². The van der Waals surface area contributed by atoms with Crippen molar-refractivity contribution >= 4 is 17.7 Å². The van der Waals surface area contributed by atoms with Crippen molar-refractivity contribution in [2.45, 2.75) is 25.9 Å². The van der Waals surface area contributed by atoms with Gasteiger partial charge in [0.05, 0.1) is 5.56 Å². The number of carboxylic acid groups (broad SMARTS) is 1. The smallest absolute Gasteiger partial charge is 0.336 e. The van der Waals surface area contributed by atoms with E-state index in [0.717, 1.165) is 6.08 Å². The zero-order valence-corrected chi connectivity index (χ0v) is 14.5. The monoisotopic (exact) mass is 352 g/mol. The van der Waals surface area contributed by atoms with Gasteiger partial charge in [-0.05, 0) is 18.1 Å². The summed E-state index contributed by atoms with van der Waals surface area (Å²) in [5.41, 5.74) is 0.988. The summed E-state index contributed by atoms with van der Waals surface area (Å²) < 4.78 is 5.28. The van der Waals surface area contributed by atoms with Crippen molar-refractivity contribution in [3.63, 3.8) is 0 Å². The van der Waals surface area contributed by atoms with Crippen LogP contribution in [0.2, 0.25) is 0 Å². The molecule has 0 radical (unpaired) electrons. The summed E-state index contributed by atoms with van der Waals surface area (Å²) in [6, 6.07) is 13.2. The topological polar surface area (TPSA) is 80.7 Å². The number of carbonyl (C=O) groups excluding carboxylic acids is 2. The van der Waals surface area contributed by atoms with Crippen LogP contribution in [0.4, 0.5) is 0 Å². The maximum atomic E-state index is 13.0. The molecule has 2 aromatic carbocycles. The Morgan fingerprint density at radius 3 is 2.38 bits per heavy atom. The first kappa shape index (κ1) is 19.1. The summed E-state index contributed by atoms with van der Waals surface area (Å²) in [6.45, 7) is 5.22. The summed E-state index contributed by atoms with van der Waals surface area (Å²) >= 11 is 0. The molecule has 26 heavy (non-hydrogen) atoms. The molecule has 2 aromatic rings. The highest BCUT2D eigenvalue weighted by atomic mass is 16.5. The standard InChI is InChI=1S/C21H20O5/c1-3-16(26-18(22)4-2)13-15-11-8-12-17(21(24)25)19(15)20(23)14-9-6-5-7-10-14/h4-12,16H,2-3,13H2,1H3,(H,24,25). The molecule has 0 fully saturated rings. The number of ketones is 1. The van der Waals surface area contributed by atoms with Gasteiger partial charge in [0.1, 0.15) is 6.10 Å². The van der Waals surface area contributed by atoms with Gasteiger partial charge in [0.15, 0.2) is 5.78 Å². The molecule has 0 saturated carbocycles. The van der Waals surface area contributed by atoms with Crippen molar-refractivity contribution in [2.75, 3.05) is 0 Å². The van der Waals surface area contributed by atoms with Crippen LogP contribution in [0, 0.1) is 0 Å². The van der Waals surface area contributed by atoms with Gasteiger partial charge in [-0.15, -0.1) is 0 Å². The number of hydrogen-bond acceptors (Lipinski definition) is 4. The zero-order chi connectivity index (χ0) is 19.1. The van der Waals surface area contributed by atoms with Crippen LogP contribution in [0.25, 0.3) is 0 Å². The average molecular weight is 352 g/mol. The van der Waals surface area contributed by atoms with Crippen LogP contribution in [0.1, 0.15) is 45.2 Å². The Morgan fingerprint density at radius 1 is 1.12 bits per heavy atom. The number of carboxylic acids is 1. The van der Waals surface area contributed by atoms with Gasteiger partial charge >= 0.3 is 11.9 Å². The lowest BCUT2D eigenvalue weighted by molar-refractivity contribution is -0.143. The average Bonchev–Trinajstić information content (AvgIpc) is 2.67. The number of benzene rings is 2. The van der Waals surface area contributed by atoms with E-state index in [-0.39, 0.29) is 23.3 Å². The Labute approximate surface area is 151 Å². The molecule has 0 bridgehead atoms. The molecule has 0 saturated heterocycles. The molecule has 0 aliphatic heterocycles. The molecule has 0 aliphatic rings. The highest BCUT2D eigenvalue weighted by molar-refractivity contribution is 6.15. The number of hydrogen-bond donors (Lipinski definition) is 1. The number of esters is 1. The van der Waals surface area contributed by atoms with Gasteiger partial charge in [-0.3, -0.25) is 4.79 Å². The van der Waals surface area contributed by atoms with Gasteiger partial charge < -0.3 is 9.84 Å². The second-order valence-corrected chi connectivity index (χ2v) is 5.72. The van der Waals surface area contributed by atoms with Crippen molar-refractivity contribution in [3.05, 3.63) is 83.4 Å². The van der Waals surface area contributed by atoms with Crippen LogP contribution < -0.4 is 0 Å². The van der Waals surface area contributed by atoms with E-state index in [2.05, 4.69) is 6.58 Å². The minimum absolute atomic E-state index is 0.0683. The maximum absolute atomic E-state index is 13.0. The molecule has 0 aromatic heterocycles. The van der Waals surface area contributed by atoms with Crippen molar-refractivity contribution in [2.24, 2.45) is 0 Å². The lowest BCUT2D eigenvalue weighted by atomic mass is 9.90. The summed E-state index contributed by atoms with van der Waals surface area (Å²) in [4.78, 5) is 36.1. The Hall–Kier alpha value is -3.21. The molecule has 0 amide bonds. The zero-order valence-electron chi connectivity index (χ0n) is 14.5. The highest BCUT2D eigenvalue weighted by Gasteiger charge is 2.23. The fourth-order valence-electron chi connectivity index (χ4n) is 2.68. The molecule has 0 aliphatic carbocycles. The van der Waals surface area contributed by atoms with E-state index in [1.807, 2.05) is 6.92 Å².